The van der Waals surface area contributed by atoms with Crippen molar-refractivity contribution in [2.45, 2.75) is 6.42 Å². The van der Waals surface area contributed by atoms with Crippen LogP contribution in [0.4, 0.5) is 0 Å². The number of ether oxygens (including phenoxy) is 2. The fourth-order valence-electron chi connectivity index (χ4n) is 2.22. The largest absolute Gasteiger partial charge is 0.493 e. The Morgan fingerprint density at radius 2 is 1.85 bits per heavy atom. The molecule has 0 aliphatic heterocycles. The van der Waals surface area contributed by atoms with Gasteiger partial charge >= 0.3 is 0 Å². The summed E-state index contributed by atoms with van der Waals surface area (Å²) in [6.45, 7) is 0.290. The minimum absolute atomic E-state index is 0.140. The van der Waals surface area contributed by atoms with Gasteiger partial charge in [-0.05, 0) is 36.2 Å². The van der Waals surface area contributed by atoms with E-state index in [0.29, 0.717) is 29.5 Å². The second-order valence-corrected chi connectivity index (χ2v) is 5.77. The molecule has 0 unspecified atom stereocenters. The number of hydrogen-bond donors (Lipinski definition) is 2. The molecule has 2 amide bonds. The van der Waals surface area contributed by atoms with E-state index in [4.69, 9.17) is 21.1 Å². The van der Waals surface area contributed by atoms with E-state index >= 15 is 0 Å². The Kier molecular flexibility index (Phi) is 7.23. The molecular formula is C18H20ClN3O4. The monoisotopic (exact) mass is 377 g/mol. The number of carbonyl (C=O) groups is 2. The van der Waals surface area contributed by atoms with Crippen LogP contribution in [0, 0.1) is 0 Å². The molecule has 0 aliphatic carbocycles. The quantitative estimate of drug-likeness (QED) is 0.732. The molecule has 138 valence electrons. The Hall–Kier alpha value is -2.80. The van der Waals surface area contributed by atoms with Crippen molar-refractivity contribution in [1.29, 1.82) is 0 Å². The lowest BCUT2D eigenvalue weighted by Crippen LogP contribution is -2.37. The SMILES string of the molecule is COc1ccc(CCNC(=O)CNC(=O)c2cc(Cl)ccn2)cc1OC. The first-order chi connectivity index (χ1) is 12.5. The highest BCUT2D eigenvalue weighted by Gasteiger charge is 2.10. The van der Waals surface area contributed by atoms with Crippen molar-refractivity contribution in [1.82, 2.24) is 15.6 Å². The molecular weight excluding hydrogens is 358 g/mol. The summed E-state index contributed by atoms with van der Waals surface area (Å²) in [5.41, 5.74) is 1.16. The number of halogens is 1. The molecule has 0 spiro atoms. The smallest absolute Gasteiger partial charge is 0.270 e. The maximum atomic E-state index is 11.9. The second kappa shape index (κ2) is 9.62. The van der Waals surface area contributed by atoms with Crippen LogP contribution in [0.3, 0.4) is 0 Å². The number of pyridine rings is 1. The number of aromatic nitrogens is 1. The molecule has 0 saturated heterocycles. The predicted octanol–water partition coefficient (Wildman–Crippen LogP) is 1.84. The van der Waals surface area contributed by atoms with Crippen LogP contribution >= 0.6 is 11.6 Å². The van der Waals surface area contributed by atoms with Gasteiger partial charge < -0.3 is 20.1 Å². The molecule has 26 heavy (non-hydrogen) atoms. The molecule has 0 fully saturated rings. The third-order valence-corrected chi connectivity index (χ3v) is 3.78. The molecule has 2 rings (SSSR count). The summed E-state index contributed by atoms with van der Waals surface area (Å²) in [5, 5.41) is 5.65. The summed E-state index contributed by atoms with van der Waals surface area (Å²) in [6, 6.07) is 8.58. The average molecular weight is 378 g/mol. The highest BCUT2D eigenvalue weighted by atomic mass is 35.5. The van der Waals surface area contributed by atoms with Gasteiger partial charge in [-0.2, -0.15) is 0 Å². The predicted molar refractivity (Wildman–Crippen MR) is 97.8 cm³/mol. The molecule has 0 aliphatic rings. The molecule has 1 aromatic heterocycles. The summed E-state index contributed by atoms with van der Waals surface area (Å²) in [6.07, 6.45) is 2.05. The van der Waals surface area contributed by atoms with Gasteiger partial charge in [-0.3, -0.25) is 14.6 Å². The number of methoxy groups -OCH3 is 2. The Bertz CT molecular complexity index is 783. The number of nitrogens with one attached hydrogen (secondary N) is 2. The molecule has 2 N–H and O–H groups in total. The van der Waals surface area contributed by atoms with Gasteiger partial charge in [-0.1, -0.05) is 17.7 Å². The average Bonchev–Trinajstić information content (AvgIpc) is 2.65. The van der Waals surface area contributed by atoms with Gasteiger partial charge in [-0.25, -0.2) is 0 Å². The first-order valence-electron chi connectivity index (χ1n) is 7.91. The van der Waals surface area contributed by atoms with Crippen molar-refractivity contribution in [2.75, 3.05) is 27.3 Å². The van der Waals surface area contributed by atoms with Crippen LogP contribution in [-0.2, 0) is 11.2 Å². The standard InChI is InChI=1S/C18H20ClN3O4/c1-25-15-4-3-12(9-16(15)26-2)5-7-21-17(23)11-22-18(24)14-10-13(19)6-8-20-14/h3-4,6,8-10H,5,7,11H2,1-2H3,(H,21,23)(H,22,24). The van der Waals surface area contributed by atoms with Crippen LogP contribution in [-0.4, -0.2) is 44.1 Å². The normalized spacial score (nSPS) is 10.1. The van der Waals surface area contributed by atoms with Gasteiger partial charge in [0.1, 0.15) is 5.69 Å². The lowest BCUT2D eigenvalue weighted by molar-refractivity contribution is -0.120. The first kappa shape index (κ1) is 19.5. The van der Waals surface area contributed by atoms with Crippen LogP contribution in [0.5, 0.6) is 11.5 Å². The van der Waals surface area contributed by atoms with Gasteiger partial charge in [0.2, 0.25) is 5.91 Å². The van der Waals surface area contributed by atoms with E-state index in [1.54, 1.807) is 20.3 Å². The lowest BCUT2D eigenvalue weighted by atomic mass is 10.1. The van der Waals surface area contributed by atoms with E-state index in [9.17, 15) is 9.59 Å². The maximum absolute atomic E-state index is 11.9. The van der Waals surface area contributed by atoms with Crippen LogP contribution in [0.1, 0.15) is 16.1 Å². The van der Waals surface area contributed by atoms with Crippen molar-refractivity contribution in [3.8, 4) is 11.5 Å². The van der Waals surface area contributed by atoms with Crippen LogP contribution < -0.4 is 20.1 Å². The van der Waals surface area contributed by atoms with E-state index in [0.717, 1.165) is 5.56 Å². The number of hydrogen-bond acceptors (Lipinski definition) is 5. The van der Waals surface area contributed by atoms with E-state index in [2.05, 4.69) is 15.6 Å². The van der Waals surface area contributed by atoms with Gasteiger partial charge in [0.05, 0.1) is 20.8 Å². The zero-order valence-electron chi connectivity index (χ0n) is 14.5. The molecule has 0 radical (unpaired) electrons. The van der Waals surface area contributed by atoms with Crippen LogP contribution in [0.15, 0.2) is 36.5 Å². The number of benzene rings is 1. The fraction of sp³-hybridized carbons (Fsp3) is 0.278. The number of rotatable bonds is 8. The van der Waals surface area contributed by atoms with E-state index in [1.807, 2.05) is 18.2 Å². The molecule has 7 nitrogen and oxygen atoms in total. The molecule has 0 bridgehead atoms. The highest BCUT2D eigenvalue weighted by Crippen LogP contribution is 2.27. The zero-order chi connectivity index (χ0) is 18.9. The summed E-state index contributed by atoms with van der Waals surface area (Å²) < 4.78 is 10.4. The molecule has 8 heteroatoms. The van der Waals surface area contributed by atoms with Gasteiger partial charge in [0.25, 0.3) is 5.91 Å². The number of nitrogens with zero attached hydrogens (tertiary/aromatic N) is 1. The topological polar surface area (TPSA) is 89.6 Å². The maximum Gasteiger partial charge on any atom is 0.270 e. The second-order valence-electron chi connectivity index (χ2n) is 5.33. The number of amides is 2. The first-order valence-corrected chi connectivity index (χ1v) is 8.28. The van der Waals surface area contributed by atoms with E-state index in [-0.39, 0.29) is 18.1 Å². The molecule has 1 heterocycles. The van der Waals surface area contributed by atoms with Crippen molar-refractivity contribution < 1.29 is 19.1 Å². The Balaban J connectivity index is 1.76. The summed E-state index contributed by atoms with van der Waals surface area (Å²) in [5.74, 6) is 0.540. The van der Waals surface area contributed by atoms with E-state index in [1.165, 1.54) is 12.3 Å². The van der Waals surface area contributed by atoms with Crippen molar-refractivity contribution >= 4 is 23.4 Å². The van der Waals surface area contributed by atoms with Gasteiger partial charge in [0.15, 0.2) is 11.5 Å². The third-order valence-electron chi connectivity index (χ3n) is 3.55. The Morgan fingerprint density at radius 3 is 2.54 bits per heavy atom. The van der Waals surface area contributed by atoms with Crippen molar-refractivity contribution in [3.05, 3.63) is 52.8 Å². The lowest BCUT2D eigenvalue weighted by Gasteiger charge is -2.10. The fourth-order valence-corrected chi connectivity index (χ4v) is 2.38. The summed E-state index contributed by atoms with van der Waals surface area (Å²) >= 11 is 5.80. The molecule has 1 aromatic carbocycles. The Labute approximate surface area is 156 Å². The van der Waals surface area contributed by atoms with Crippen LogP contribution in [0.2, 0.25) is 5.02 Å². The minimum atomic E-state index is -0.456. The van der Waals surface area contributed by atoms with Gasteiger partial charge in [-0.15, -0.1) is 0 Å². The minimum Gasteiger partial charge on any atom is -0.493 e. The molecule has 0 saturated carbocycles. The number of carbonyl (C=O) groups excluding carboxylic acids is 2. The summed E-state index contributed by atoms with van der Waals surface area (Å²) in [7, 11) is 3.14. The highest BCUT2D eigenvalue weighted by molar-refractivity contribution is 6.30. The van der Waals surface area contributed by atoms with Crippen molar-refractivity contribution in [2.24, 2.45) is 0 Å². The Morgan fingerprint density at radius 1 is 1.08 bits per heavy atom. The van der Waals surface area contributed by atoms with Gasteiger partial charge in [0, 0.05) is 17.8 Å². The van der Waals surface area contributed by atoms with Crippen molar-refractivity contribution in [3.63, 3.8) is 0 Å². The van der Waals surface area contributed by atoms with Crippen LogP contribution in [0.25, 0.3) is 0 Å². The van der Waals surface area contributed by atoms with E-state index < -0.39 is 5.91 Å². The molecule has 0 atom stereocenters. The summed E-state index contributed by atoms with van der Waals surface area (Å²) in [4.78, 5) is 27.6. The zero-order valence-corrected chi connectivity index (χ0v) is 15.3. The molecule has 2 aromatic rings. The third kappa shape index (κ3) is 5.63.